The Balaban J connectivity index is 2.27. The van der Waals surface area contributed by atoms with Crippen molar-refractivity contribution in [3.63, 3.8) is 0 Å². The van der Waals surface area contributed by atoms with E-state index in [1.807, 2.05) is 30.3 Å². The molecule has 2 aromatic rings. The Hall–Kier alpha value is -1.18. The Bertz CT molecular complexity index is 732. The Labute approximate surface area is 155 Å². The molecule has 0 radical (unpaired) electrons. The van der Waals surface area contributed by atoms with Crippen molar-refractivity contribution in [2.75, 3.05) is 6.54 Å². The molecule has 0 fully saturated rings. The largest absolute Gasteiger partial charge is 0.402 e. The average molecular weight is 436 g/mol. The van der Waals surface area contributed by atoms with Crippen LogP contribution in [0.15, 0.2) is 53.0 Å². The Morgan fingerprint density at radius 3 is 2.36 bits per heavy atom. The summed E-state index contributed by atoms with van der Waals surface area (Å²) < 4.78 is 55.1. The monoisotopic (exact) mass is 435 g/mol. The van der Waals surface area contributed by atoms with Crippen molar-refractivity contribution in [2.45, 2.75) is 25.4 Å². The molecule has 0 aliphatic rings. The van der Waals surface area contributed by atoms with E-state index in [0.717, 1.165) is 5.56 Å². The number of benzene rings is 2. The number of rotatable bonds is 6. The molecule has 0 aromatic heterocycles. The fraction of sp³-hybridized carbons (Fsp3) is 0.278. The van der Waals surface area contributed by atoms with Crippen molar-refractivity contribution in [1.82, 2.24) is 4.31 Å². The molecule has 0 bridgehead atoms. The predicted molar refractivity (Wildman–Crippen MR) is 100 cm³/mol. The van der Waals surface area contributed by atoms with Crippen LogP contribution in [0.2, 0.25) is 0 Å². The van der Waals surface area contributed by atoms with Gasteiger partial charge in [0.2, 0.25) is 0 Å². The van der Waals surface area contributed by atoms with Crippen molar-refractivity contribution >= 4 is 32.0 Å². The van der Waals surface area contributed by atoms with Crippen LogP contribution in [0, 0.1) is 5.82 Å². The van der Waals surface area contributed by atoms with Gasteiger partial charge in [0.15, 0.2) is 0 Å². The lowest BCUT2D eigenvalue weighted by molar-refractivity contribution is -0.136. The summed E-state index contributed by atoms with van der Waals surface area (Å²) in [5.41, 5.74) is 1.20. The van der Waals surface area contributed by atoms with Crippen LogP contribution < -0.4 is 0 Å². The average Bonchev–Trinajstić information content (AvgIpc) is 2.54. The number of nitrogens with zero attached hydrogens (tertiary/aromatic N) is 1. The van der Waals surface area contributed by atoms with Crippen molar-refractivity contribution < 1.29 is 17.6 Å². The molecule has 0 saturated heterocycles. The third-order valence-corrected chi connectivity index (χ3v) is 6.07. The van der Waals surface area contributed by atoms with Gasteiger partial charge in [-0.15, -0.1) is 10.7 Å². The van der Waals surface area contributed by atoms with Crippen LogP contribution in [0.4, 0.5) is 17.6 Å². The summed E-state index contributed by atoms with van der Waals surface area (Å²) in [6.07, 6.45) is -4.35. The Morgan fingerprint density at radius 2 is 1.80 bits per heavy atom. The molecule has 2 aromatic carbocycles. The van der Waals surface area contributed by atoms with Crippen LogP contribution >= 0.6 is 26.6 Å². The first-order valence-corrected chi connectivity index (χ1v) is 9.78. The van der Waals surface area contributed by atoms with Crippen LogP contribution in [0.1, 0.15) is 18.1 Å². The second-order valence-electron chi connectivity index (χ2n) is 5.42. The zero-order valence-electron chi connectivity index (χ0n) is 13.6. The third kappa shape index (κ3) is 6.56. The molecule has 7 heteroatoms. The minimum absolute atomic E-state index is 0.0983. The lowest BCUT2D eigenvalue weighted by atomic mass is 10.2. The van der Waals surface area contributed by atoms with Gasteiger partial charge in [0, 0.05) is 22.3 Å². The number of hydrogen-bond acceptors (Lipinski definition) is 1. The minimum atomic E-state index is -4.35. The maximum absolute atomic E-state index is 14.1. The minimum Gasteiger partial charge on any atom is -0.242 e. The Morgan fingerprint density at radius 1 is 1.12 bits per heavy atom. The molecule has 0 amide bonds. The third-order valence-electron chi connectivity index (χ3n) is 3.48. The molecule has 0 saturated carbocycles. The molecule has 1 unspecified atom stereocenters. The first-order valence-electron chi connectivity index (χ1n) is 7.57. The topological polar surface area (TPSA) is 3.24 Å². The number of hydrogen-bond donors (Lipinski definition) is 0. The molecular formula is C18H18BrF4NS. The molecule has 136 valence electrons. The van der Waals surface area contributed by atoms with E-state index in [9.17, 15) is 17.6 Å². The maximum atomic E-state index is 14.1. The lowest BCUT2D eigenvalue weighted by Gasteiger charge is -2.28. The second kappa shape index (κ2) is 8.96. The highest BCUT2D eigenvalue weighted by molar-refractivity contribution is 9.10. The predicted octanol–water partition coefficient (Wildman–Crippen LogP) is 6.16. The van der Waals surface area contributed by atoms with Gasteiger partial charge in [0.05, 0.1) is 0 Å². The fourth-order valence-electron chi connectivity index (χ4n) is 2.33. The summed E-state index contributed by atoms with van der Waals surface area (Å²) in [4.78, 5) is 0. The van der Waals surface area contributed by atoms with Gasteiger partial charge in [0.1, 0.15) is 12.4 Å². The fourth-order valence-corrected chi connectivity index (χ4v) is 4.46. The van der Waals surface area contributed by atoms with Gasteiger partial charge in [-0.05, 0) is 30.0 Å². The van der Waals surface area contributed by atoms with E-state index in [2.05, 4.69) is 15.9 Å². The van der Waals surface area contributed by atoms with E-state index in [1.54, 1.807) is 18.4 Å². The zero-order valence-corrected chi connectivity index (χ0v) is 16.0. The van der Waals surface area contributed by atoms with Crippen LogP contribution in [0.25, 0.3) is 0 Å². The first-order chi connectivity index (χ1) is 11.8. The van der Waals surface area contributed by atoms with Crippen LogP contribution in [0.3, 0.4) is 0 Å². The van der Waals surface area contributed by atoms with E-state index in [1.165, 1.54) is 16.4 Å². The summed E-state index contributed by atoms with van der Waals surface area (Å²) in [5.74, 6) is -0.0492. The van der Waals surface area contributed by atoms with Crippen molar-refractivity contribution in [1.29, 1.82) is 0 Å². The first kappa shape index (κ1) is 20.1. The van der Waals surface area contributed by atoms with Crippen molar-refractivity contribution in [3.8, 4) is 0 Å². The molecule has 1 nitrogen and oxygen atoms in total. The quantitative estimate of drug-likeness (QED) is 0.387. The molecule has 0 N–H and O–H groups in total. The van der Waals surface area contributed by atoms with Gasteiger partial charge in [-0.1, -0.05) is 52.3 Å². The van der Waals surface area contributed by atoms with Gasteiger partial charge < -0.3 is 0 Å². The zero-order chi connectivity index (χ0) is 18.4. The van der Waals surface area contributed by atoms with Gasteiger partial charge >= 0.3 is 6.18 Å². The number of alkyl halides is 3. The van der Waals surface area contributed by atoms with Gasteiger partial charge in [-0.3, -0.25) is 0 Å². The highest BCUT2D eigenvalue weighted by atomic mass is 79.9. The van der Waals surface area contributed by atoms with E-state index in [0.29, 0.717) is 10.2 Å². The standard InChI is InChI=1S/C18H18BrF4NS/c1-2-25(12-14-6-4-3-5-7-14)24(13-18(21,22)23)11-15-8-9-16(19)10-17(15)20/h2-10H,11-13H2,1H3. The van der Waals surface area contributed by atoms with E-state index >= 15 is 0 Å². The van der Waals surface area contributed by atoms with Crippen LogP contribution in [-0.4, -0.2) is 22.4 Å². The summed E-state index contributed by atoms with van der Waals surface area (Å²) >= 11 is 3.16. The van der Waals surface area contributed by atoms with Crippen LogP contribution in [0.5, 0.6) is 0 Å². The summed E-state index contributed by atoms with van der Waals surface area (Å²) in [6.45, 7) is 0.565. The molecule has 0 aliphatic carbocycles. The SMILES string of the molecule is C/C=S(\Cc1ccccc1)N(Cc1ccc(Br)cc1F)CC(F)(F)F. The van der Waals surface area contributed by atoms with Gasteiger partial charge in [-0.2, -0.15) is 13.2 Å². The summed E-state index contributed by atoms with van der Waals surface area (Å²) in [7, 11) is -0.771. The lowest BCUT2D eigenvalue weighted by Crippen LogP contribution is -2.31. The van der Waals surface area contributed by atoms with Gasteiger partial charge in [-0.25, -0.2) is 8.70 Å². The van der Waals surface area contributed by atoms with E-state index < -0.39 is 29.2 Å². The normalized spacial score (nSPS) is 13.4. The smallest absolute Gasteiger partial charge is 0.242 e. The maximum Gasteiger partial charge on any atom is 0.402 e. The van der Waals surface area contributed by atoms with E-state index in [-0.39, 0.29) is 12.1 Å². The van der Waals surface area contributed by atoms with Crippen molar-refractivity contribution in [3.05, 3.63) is 69.9 Å². The molecule has 0 aliphatic heterocycles. The number of halogens is 5. The molecule has 2 rings (SSSR count). The highest BCUT2D eigenvalue weighted by Gasteiger charge is 2.32. The molecule has 25 heavy (non-hydrogen) atoms. The molecule has 1 atom stereocenters. The van der Waals surface area contributed by atoms with E-state index in [4.69, 9.17) is 0 Å². The molecule has 0 spiro atoms. The van der Waals surface area contributed by atoms with Crippen LogP contribution in [-0.2, 0) is 12.3 Å². The van der Waals surface area contributed by atoms with Crippen molar-refractivity contribution in [2.24, 2.45) is 0 Å². The Kier molecular flexibility index (Phi) is 7.22. The second-order valence-corrected chi connectivity index (χ2v) is 8.41. The highest BCUT2D eigenvalue weighted by Crippen LogP contribution is 2.31. The molecule has 0 heterocycles. The summed E-state index contributed by atoms with van der Waals surface area (Å²) in [5, 5.41) is 1.76. The van der Waals surface area contributed by atoms with Gasteiger partial charge in [0.25, 0.3) is 0 Å². The summed E-state index contributed by atoms with van der Waals surface area (Å²) in [6, 6.07) is 13.8. The molecular weight excluding hydrogens is 418 g/mol.